The molecule has 0 atom stereocenters. The van der Waals surface area contributed by atoms with Gasteiger partial charge in [-0.15, -0.1) is 0 Å². The van der Waals surface area contributed by atoms with Gasteiger partial charge in [-0.3, -0.25) is 9.48 Å². The zero-order valence-electron chi connectivity index (χ0n) is 16.7. The Kier molecular flexibility index (Phi) is 5.94. The minimum absolute atomic E-state index is 0.0575. The van der Waals surface area contributed by atoms with Crippen LogP contribution < -0.4 is 4.90 Å². The minimum atomic E-state index is -0.824. The van der Waals surface area contributed by atoms with E-state index < -0.39 is 5.97 Å². The first kappa shape index (κ1) is 20.2. The lowest BCUT2D eigenvalue weighted by Crippen LogP contribution is -2.23. The van der Waals surface area contributed by atoms with E-state index in [-0.39, 0.29) is 6.42 Å². The standard InChI is InChI=1S/C22H26ClN3O2/c1-14(2)13-25(3)21-11-19(23)16(6-8-22(27)28)10-18(21)15-5-7-20-17(9-15)12-24-26(20)4/h5,7,9-12,14H,6,8,13H2,1-4H3,(H,27,28). The maximum absolute atomic E-state index is 11.0. The average molecular weight is 400 g/mol. The Hall–Kier alpha value is -2.53. The zero-order chi connectivity index (χ0) is 20.4. The molecule has 5 nitrogen and oxygen atoms in total. The van der Waals surface area contributed by atoms with Gasteiger partial charge in [0.05, 0.1) is 11.7 Å². The van der Waals surface area contributed by atoms with E-state index in [4.69, 9.17) is 16.7 Å². The maximum Gasteiger partial charge on any atom is 0.303 e. The van der Waals surface area contributed by atoms with Crippen LogP contribution in [0.3, 0.4) is 0 Å². The molecule has 6 heteroatoms. The van der Waals surface area contributed by atoms with Gasteiger partial charge in [0, 0.05) is 48.7 Å². The van der Waals surface area contributed by atoms with Gasteiger partial charge >= 0.3 is 5.97 Å². The quantitative estimate of drug-likeness (QED) is 0.607. The first-order chi connectivity index (χ1) is 13.3. The zero-order valence-corrected chi connectivity index (χ0v) is 17.5. The number of aromatic nitrogens is 2. The summed E-state index contributed by atoms with van der Waals surface area (Å²) < 4.78 is 1.85. The molecule has 0 saturated carbocycles. The van der Waals surface area contributed by atoms with E-state index in [2.05, 4.69) is 49.1 Å². The summed E-state index contributed by atoms with van der Waals surface area (Å²) >= 11 is 6.52. The predicted octanol–water partition coefficient (Wildman–Crippen LogP) is 5.00. The summed E-state index contributed by atoms with van der Waals surface area (Å²) in [5.41, 5.74) is 5.09. The fraction of sp³-hybridized carbons (Fsp3) is 0.364. The van der Waals surface area contributed by atoms with Crippen molar-refractivity contribution in [1.29, 1.82) is 0 Å². The Morgan fingerprint density at radius 2 is 2.04 bits per heavy atom. The molecular formula is C22H26ClN3O2. The fourth-order valence-corrected chi connectivity index (χ4v) is 3.82. The van der Waals surface area contributed by atoms with Gasteiger partial charge in [0.15, 0.2) is 0 Å². The van der Waals surface area contributed by atoms with Crippen LogP contribution >= 0.6 is 11.6 Å². The Morgan fingerprint density at radius 3 is 2.71 bits per heavy atom. The van der Waals surface area contributed by atoms with E-state index in [1.54, 1.807) is 0 Å². The normalized spacial score (nSPS) is 11.4. The molecule has 1 N–H and O–H groups in total. The third-order valence-electron chi connectivity index (χ3n) is 4.88. The number of hydrogen-bond donors (Lipinski definition) is 1. The van der Waals surface area contributed by atoms with Crippen LogP contribution in [0.15, 0.2) is 36.5 Å². The molecule has 0 unspecified atom stereocenters. The number of rotatable bonds is 7. The van der Waals surface area contributed by atoms with E-state index in [0.29, 0.717) is 17.4 Å². The van der Waals surface area contributed by atoms with Gasteiger partial charge < -0.3 is 10.0 Å². The number of hydrogen-bond acceptors (Lipinski definition) is 3. The summed E-state index contributed by atoms with van der Waals surface area (Å²) in [6.07, 6.45) is 2.32. The number of anilines is 1. The molecule has 28 heavy (non-hydrogen) atoms. The molecule has 0 spiro atoms. The number of carbonyl (C=O) groups is 1. The Balaban J connectivity index is 2.12. The van der Waals surface area contributed by atoms with Crippen LogP contribution in [-0.2, 0) is 18.3 Å². The van der Waals surface area contributed by atoms with E-state index >= 15 is 0 Å². The van der Waals surface area contributed by atoms with E-state index in [0.717, 1.165) is 39.8 Å². The van der Waals surface area contributed by atoms with Crippen molar-refractivity contribution in [2.45, 2.75) is 26.7 Å². The smallest absolute Gasteiger partial charge is 0.303 e. The van der Waals surface area contributed by atoms with Crippen molar-refractivity contribution in [1.82, 2.24) is 9.78 Å². The highest BCUT2D eigenvalue weighted by Gasteiger charge is 2.16. The molecule has 0 aliphatic rings. The second-order valence-electron chi connectivity index (χ2n) is 7.67. The number of carboxylic acid groups (broad SMARTS) is 1. The molecule has 2 aromatic carbocycles. The van der Waals surface area contributed by atoms with Crippen molar-refractivity contribution in [3.05, 3.63) is 47.1 Å². The summed E-state index contributed by atoms with van der Waals surface area (Å²) in [5, 5.41) is 15.1. The van der Waals surface area contributed by atoms with Crippen LogP contribution in [-0.4, -0.2) is 34.4 Å². The SMILES string of the molecule is CC(C)CN(C)c1cc(Cl)c(CCC(=O)O)cc1-c1ccc2c(cnn2C)c1. The predicted molar refractivity (Wildman–Crippen MR) is 115 cm³/mol. The molecule has 0 radical (unpaired) electrons. The number of benzene rings is 2. The second-order valence-corrected chi connectivity index (χ2v) is 8.08. The Morgan fingerprint density at radius 1 is 1.29 bits per heavy atom. The molecule has 0 bridgehead atoms. The van der Waals surface area contributed by atoms with Gasteiger partial charge in [-0.05, 0) is 47.7 Å². The monoisotopic (exact) mass is 399 g/mol. The maximum atomic E-state index is 11.0. The molecule has 3 aromatic rings. The number of carboxylic acids is 1. The van der Waals surface area contributed by atoms with Gasteiger partial charge in [0.2, 0.25) is 0 Å². The van der Waals surface area contributed by atoms with Crippen LogP contribution in [0.5, 0.6) is 0 Å². The number of aliphatic carboxylic acids is 1. The van der Waals surface area contributed by atoms with Crippen molar-refractivity contribution in [2.75, 3.05) is 18.5 Å². The van der Waals surface area contributed by atoms with Gasteiger partial charge in [-0.25, -0.2) is 0 Å². The summed E-state index contributed by atoms with van der Waals surface area (Å²) in [4.78, 5) is 13.2. The molecule has 0 amide bonds. The van der Waals surface area contributed by atoms with Gasteiger partial charge in [0.25, 0.3) is 0 Å². The number of nitrogens with zero attached hydrogens (tertiary/aromatic N) is 3. The van der Waals surface area contributed by atoms with Gasteiger partial charge in [-0.1, -0.05) is 31.5 Å². The lowest BCUT2D eigenvalue weighted by Gasteiger charge is -2.26. The third kappa shape index (κ3) is 4.30. The van der Waals surface area contributed by atoms with Crippen molar-refractivity contribution in [3.63, 3.8) is 0 Å². The van der Waals surface area contributed by atoms with Gasteiger partial charge in [-0.2, -0.15) is 5.10 Å². The van der Waals surface area contributed by atoms with E-state index in [1.807, 2.05) is 30.1 Å². The molecule has 0 aliphatic heterocycles. The molecule has 1 aromatic heterocycles. The molecule has 0 fully saturated rings. The highest BCUT2D eigenvalue weighted by Crippen LogP contribution is 2.37. The highest BCUT2D eigenvalue weighted by molar-refractivity contribution is 6.32. The summed E-state index contributed by atoms with van der Waals surface area (Å²) in [6, 6.07) is 10.3. The van der Waals surface area contributed by atoms with E-state index in [9.17, 15) is 4.79 Å². The molecule has 148 valence electrons. The average Bonchev–Trinajstić information content (AvgIpc) is 3.00. The van der Waals surface area contributed by atoms with Crippen molar-refractivity contribution < 1.29 is 9.90 Å². The number of fused-ring (bicyclic) bond motifs is 1. The molecule has 3 rings (SSSR count). The minimum Gasteiger partial charge on any atom is -0.481 e. The van der Waals surface area contributed by atoms with Crippen LogP contribution in [0.4, 0.5) is 5.69 Å². The topological polar surface area (TPSA) is 58.4 Å². The number of aryl methyl sites for hydroxylation is 2. The van der Waals surface area contributed by atoms with Crippen LogP contribution in [0.2, 0.25) is 5.02 Å². The van der Waals surface area contributed by atoms with Gasteiger partial charge in [0.1, 0.15) is 0 Å². The number of halogens is 1. The largest absolute Gasteiger partial charge is 0.481 e. The van der Waals surface area contributed by atoms with Crippen LogP contribution in [0.25, 0.3) is 22.0 Å². The highest BCUT2D eigenvalue weighted by atomic mass is 35.5. The van der Waals surface area contributed by atoms with Crippen LogP contribution in [0, 0.1) is 5.92 Å². The lowest BCUT2D eigenvalue weighted by atomic mass is 9.97. The van der Waals surface area contributed by atoms with Crippen LogP contribution in [0.1, 0.15) is 25.8 Å². The first-order valence-electron chi connectivity index (χ1n) is 9.43. The third-order valence-corrected chi connectivity index (χ3v) is 5.23. The molecule has 0 saturated heterocycles. The Labute approximate surface area is 170 Å². The molecular weight excluding hydrogens is 374 g/mol. The second kappa shape index (κ2) is 8.23. The fourth-order valence-electron chi connectivity index (χ4n) is 3.57. The lowest BCUT2D eigenvalue weighted by molar-refractivity contribution is -0.136. The van der Waals surface area contributed by atoms with E-state index in [1.165, 1.54) is 0 Å². The Bertz CT molecular complexity index is 1010. The summed E-state index contributed by atoms with van der Waals surface area (Å²) in [5.74, 6) is -0.320. The van der Waals surface area contributed by atoms with Crippen molar-refractivity contribution in [2.24, 2.45) is 13.0 Å². The first-order valence-corrected chi connectivity index (χ1v) is 9.81. The summed E-state index contributed by atoms with van der Waals surface area (Å²) in [6.45, 7) is 5.26. The summed E-state index contributed by atoms with van der Waals surface area (Å²) in [7, 11) is 3.99. The molecule has 0 aliphatic carbocycles. The van der Waals surface area contributed by atoms with Crippen molar-refractivity contribution in [3.8, 4) is 11.1 Å². The van der Waals surface area contributed by atoms with Crippen molar-refractivity contribution >= 4 is 34.2 Å². The molecule has 1 heterocycles.